The Morgan fingerprint density at radius 1 is 0.385 bits per heavy atom. The van der Waals surface area contributed by atoms with Gasteiger partial charge in [0.05, 0.1) is 13.1 Å². The van der Waals surface area contributed by atoms with Crippen LogP contribution in [-0.4, -0.2) is 59.2 Å². The Labute approximate surface area is 462 Å². The zero-order valence-corrected chi connectivity index (χ0v) is 47.9. The molecule has 4 N–H and O–H groups in total. The van der Waals surface area contributed by atoms with Crippen molar-refractivity contribution in [2.45, 2.75) is 130 Å². The Bertz CT molecular complexity index is 3280. The van der Waals surface area contributed by atoms with Gasteiger partial charge in [-0.3, -0.25) is 9.98 Å². The van der Waals surface area contributed by atoms with Crippen LogP contribution in [0.15, 0.2) is 131 Å². The number of fused-ring (bicyclic) bond motifs is 10. The second-order valence-corrected chi connectivity index (χ2v) is 25.4. The fraction of sp³-hybridized carbons (Fsp3) is 0.343. The maximum Gasteiger partial charge on any atom is 0.126 e. The molecule has 0 aliphatic heterocycles. The highest BCUT2D eigenvalue weighted by molar-refractivity contribution is 6.03. The van der Waals surface area contributed by atoms with E-state index in [1.54, 1.807) is 24.6 Å². The van der Waals surface area contributed by atoms with Crippen LogP contribution in [0.4, 0.5) is 0 Å². The Kier molecular flexibility index (Phi) is 15.3. The van der Waals surface area contributed by atoms with Crippen molar-refractivity contribution < 1.29 is 29.9 Å². The first-order valence-electron chi connectivity index (χ1n) is 27.5. The van der Waals surface area contributed by atoms with Crippen LogP contribution in [-0.2, 0) is 47.3 Å². The number of rotatable bonds is 10. The summed E-state index contributed by atoms with van der Waals surface area (Å²) in [5.41, 5.74) is 11.6. The van der Waals surface area contributed by atoms with Gasteiger partial charge in [0.2, 0.25) is 0 Å². The molecule has 0 radical (unpaired) electrons. The zero-order valence-electron chi connectivity index (χ0n) is 47.9. The van der Waals surface area contributed by atoms with Gasteiger partial charge in [-0.25, -0.2) is 0 Å². The van der Waals surface area contributed by atoms with Crippen molar-refractivity contribution in [2.75, 3.05) is 26.3 Å². The summed E-state index contributed by atoms with van der Waals surface area (Å²) in [7, 11) is 0. The molecule has 9 rings (SSSR count). The van der Waals surface area contributed by atoms with Crippen LogP contribution in [0.5, 0.6) is 34.5 Å². The molecule has 0 amide bonds. The highest BCUT2D eigenvalue weighted by Gasteiger charge is 2.29. The first kappa shape index (κ1) is 55.2. The number of nitrogens with zero attached hydrogens (tertiary/aromatic N) is 2. The van der Waals surface area contributed by atoms with Crippen molar-refractivity contribution in [2.24, 2.45) is 9.98 Å². The number of aromatic hydroxyl groups is 4. The number of hydrogen-bond acceptors (Lipinski definition) is 8. The lowest BCUT2D eigenvalue weighted by molar-refractivity contribution is 0.322. The molecule has 1 aliphatic rings. The highest BCUT2D eigenvalue weighted by Crippen LogP contribution is 2.44. The molecule has 0 unspecified atom stereocenters. The van der Waals surface area contributed by atoms with Crippen molar-refractivity contribution in [3.8, 4) is 34.5 Å². The van der Waals surface area contributed by atoms with Gasteiger partial charge >= 0.3 is 0 Å². The Morgan fingerprint density at radius 2 is 0.667 bits per heavy atom. The summed E-state index contributed by atoms with van der Waals surface area (Å²) in [6.07, 6.45) is 4.97. The van der Waals surface area contributed by atoms with Crippen molar-refractivity contribution in [1.82, 2.24) is 0 Å². The summed E-state index contributed by atoms with van der Waals surface area (Å²) in [4.78, 5) is 9.59. The van der Waals surface area contributed by atoms with E-state index in [4.69, 9.17) is 19.5 Å². The second kappa shape index (κ2) is 21.7. The van der Waals surface area contributed by atoms with E-state index in [1.807, 2.05) is 60.7 Å². The number of benzene rings is 8. The average molecular weight is 1040 g/mol. The molecule has 0 aromatic heterocycles. The van der Waals surface area contributed by atoms with E-state index in [2.05, 4.69) is 132 Å². The molecular weight excluding hydrogens is 965 g/mol. The molecule has 8 bridgehead atoms. The van der Waals surface area contributed by atoms with E-state index in [9.17, 15) is 20.4 Å². The lowest BCUT2D eigenvalue weighted by Crippen LogP contribution is -2.17. The second-order valence-electron chi connectivity index (χ2n) is 25.4. The third-order valence-corrected chi connectivity index (χ3v) is 15.3. The third-order valence-electron chi connectivity index (χ3n) is 15.3. The van der Waals surface area contributed by atoms with Crippen LogP contribution < -0.4 is 9.47 Å². The fourth-order valence-electron chi connectivity index (χ4n) is 10.6. The first-order chi connectivity index (χ1) is 36.8. The Morgan fingerprint density at radius 3 is 0.962 bits per heavy atom. The molecule has 0 heterocycles. The molecular formula is C70H78N2O6. The molecule has 0 saturated heterocycles. The standard InChI is InChI=1S/C70H78N2O6/c1-67(2,3)53-33-45-29-49-37-55(69(7,8)9)39-51(65(49)77-27-25-71-41-59-57-19-15-13-17-43(57)21-23-61(59)73)31-47-35-54(68(4,5)6)36-48(64(47)76)32-52-40-56(70(10,11)12)38-50(30-46(34-53)63(45)75)66(52)78-28-26-72-42-60-58-20-16-14-18-44(58)22-24-62(60)74/h13-24,33-42,73-76H,25-32H2,1-12H3. The summed E-state index contributed by atoms with van der Waals surface area (Å²) in [5.74, 6) is 2.21. The van der Waals surface area contributed by atoms with Crippen LogP contribution >= 0.6 is 0 Å². The van der Waals surface area contributed by atoms with Gasteiger partial charge in [-0.1, -0.05) is 192 Å². The van der Waals surface area contributed by atoms with E-state index in [1.165, 1.54) is 0 Å². The maximum atomic E-state index is 12.8. The molecule has 0 saturated carbocycles. The molecule has 8 heteroatoms. The number of ether oxygens (including phenoxy) is 2. The van der Waals surface area contributed by atoms with E-state index in [0.29, 0.717) is 61.4 Å². The zero-order chi connectivity index (χ0) is 55.9. The van der Waals surface area contributed by atoms with Gasteiger partial charge in [0, 0.05) is 49.2 Å². The van der Waals surface area contributed by atoms with Crippen molar-refractivity contribution in [3.05, 3.63) is 199 Å². The first-order valence-corrected chi connectivity index (χ1v) is 27.5. The number of aliphatic imine (C=N–C) groups is 2. The van der Waals surface area contributed by atoms with Crippen LogP contribution in [0.1, 0.15) is 161 Å². The molecule has 404 valence electrons. The summed E-state index contributed by atoms with van der Waals surface area (Å²) >= 11 is 0. The van der Waals surface area contributed by atoms with Gasteiger partial charge in [0.25, 0.3) is 0 Å². The van der Waals surface area contributed by atoms with E-state index >= 15 is 0 Å². The molecule has 1 aliphatic carbocycles. The van der Waals surface area contributed by atoms with Crippen LogP contribution in [0.3, 0.4) is 0 Å². The SMILES string of the molecule is CC(C)(C)c1cc2c(O)c(c1)Cc1cc(C(C)(C)C)cc(c1OCCN=Cc1c(O)ccc3ccccc13)Cc1cc(C(C)(C)C)cc(c1O)Cc1cc(C(C)(C)C)cc(c1OCCN=Cc1c(O)ccc3ccccc13)C2. The Balaban J connectivity index is 1.20. The van der Waals surface area contributed by atoms with Crippen molar-refractivity contribution >= 4 is 34.0 Å². The van der Waals surface area contributed by atoms with Gasteiger partial charge in [0.1, 0.15) is 47.7 Å². The highest BCUT2D eigenvalue weighted by atomic mass is 16.5. The van der Waals surface area contributed by atoms with Gasteiger partial charge < -0.3 is 29.9 Å². The van der Waals surface area contributed by atoms with Crippen LogP contribution in [0.2, 0.25) is 0 Å². The summed E-state index contributed by atoms with van der Waals surface area (Å²) < 4.78 is 14.0. The van der Waals surface area contributed by atoms with Gasteiger partial charge in [0.15, 0.2) is 0 Å². The lowest BCUT2D eigenvalue weighted by atomic mass is 9.79. The largest absolute Gasteiger partial charge is 0.507 e. The average Bonchev–Trinajstić information content (AvgIpc) is 3.47. The lowest BCUT2D eigenvalue weighted by Gasteiger charge is -2.28. The molecule has 78 heavy (non-hydrogen) atoms. The molecule has 0 spiro atoms. The Hall–Kier alpha value is -7.58. The monoisotopic (exact) mass is 1040 g/mol. The van der Waals surface area contributed by atoms with E-state index in [-0.39, 0.29) is 57.9 Å². The van der Waals surface area contributed by atoms with Crippen molar-refractivity contribution in [1.29, 1.82) is 0 Å². The minimum absolute atomic E-state index is 0.167. The minimum Gasteiger partial charge on any atom is -0.507 e. The minimum atomic E-state index is -0.258. The predicted octanol–water partition coefficient (Wildman–Crippen LogP) is 15.7. The normalized spacial score (nSPS) is 13.5. The summed E-state index contributed by atoms with van der Waals surface area (Å²) in [6.45, 7) is 27.7. The van der Waals surface area contributed by atoms with Gasteiger partial charge in [-0.05, 0) is 122 Å². The summed E-state index contributed by atoms with van der Waals surface area (Å²) in [6, 6.07) is 40.7. The number of hydrogen-bond donors (Lipinski definition) is 4. The van der Waals surface area contributed by atoms with Crippen LogP contribution in [0.25, 0.3) is 21.5 Å². The topological polar surface area (TPSA) is 124 Å². The fourth-order valence-corrected chi connectivity index (χ4v) is 10.6. The number of phenols is 4. The molecule has 0 atom stereocenters. The molecule has 0 fully saturated rings. The molecule has 8 nitrogen and oxygen atoms in total. The number of phenolic OH excluding ortho intramolecular Hbond substituents is 4. The summed E-state index contributed by atoms with van der Waals surface area (Å²) in [5, 5.41) is 51.3. The smallest absolute Gasteiger partial charge is 0.126 e. The maximum absolute atomic E-state index is 12.8. The van der Waals surface area contributed by atoms with E-state index < -0.39 is 0 Å². The predicted molar refractivity (Wildman–Crippen MR) is 322 cm³/mol. The quantitative estimate of drug-likeness (QED) is 0.0799. The van der Waals surface area contributed by atoms with Crippen LogP contribution in [0, 0.1) is 0 Å². The van der Waals surface area contributed by atoms with Gasteiger partial charge in [-0.2, -0.15) is 0 Å². The van der Waals surface area contributed by atoms with Crippen molar-refractivity contribution in [3.63, 3.8) is 0 Å². The molecule has 8 aromatic rings. The van der Waals surface area contributed by atoms with E-state index in [0.717, 1.165) is 88.3 Å². The van der Waals surface area contributed by atoms with Gasteiger partial charge in [-0.15, -0.1) is 0 Å². The third kappa shape index (κ3) is 12.1. The molecule has 8 aromatic carbocycles.